The number of anilines is 3. The molecule has 1 saturated carbocycles. The van der Waals surface area contributed by atoms with Crippen LogP contribution in [0.4, 0.5) is 17.7 Å². The quantitative estimate of drug-likeness (QED) is 0.877. The van der Waals surface area contributed by atoms with Gasteiger partial charge in [0.05, 0.1) is 17.9 Å². The van der Waals surface area contributed by atoms with E-state index in [-0.39, 0.29) is 11.5 Å². The fourth-order valence-corrected chi connectivity index (χ4v) is 4.32. The van der Waals surface area contributed by atoms with Crippen molar-refractivity contribution >= 4 is 17.7 Å². The molecular weight excluding hydrogens is 342 g/mol. The number of nitrogens with two attached hydrogens (primary N) is 1. The SMILES string of the molecule is CC1(C)CN(c2cc(-c3cnc(N)nc3)nc(N3CC4CC3C4)n2)CCO1. The number of fused-ring (bicyclic) bond motifs is 1. The molecule has 2 aromatic heterocycles. The molecule has 4 fully saturated rings. The Morgan fingerprint density at radius 2 is 1.96 bits per heavy atom. The molecule has 0 aromatic carbocycles. The van der Waals surface area contributed by atoms with E-state index in [4.69, 9.17) is 20.4 Å². The molecule has 0 atom stereocenters. The lowest BCUT2D eigenvalue weighted by Crippen LogP contribution is -2.48. The van der Waals surface area contributed by atoms with E-state index < -0.39 is 0 Å². The van der Waals surface area contributed by atoms with E-state index in [0.717, 1.165) is 48.6 Å². The van der Waals surface area contributed by atoms with Gasteiger partial charge in [-0.05, 0) is 32.6 Å². The maximum atomic E-state index is 5.87. The second-order valence-corrected chi connectivity index (χ2v) is 8.41. The molecule has 3 saturated heterocycles. The molecule has 0 radical (unpaired) electrons. The molecule has 8 nitrogen and oxygen atoms in total. The Labute approximate surface area is 158 Å². The fourth-order valence-electron chi connectivity index (χ4n) is 4.32. The summed E-state index contributed by atoms with van der Waals surface area (Å²) in [6.07, 6.45) is 5.98. The Morgan fingerprint density at radius 3 is 2.63 bits per heavy atom. The average molecular weight is 367 g/mol. The summed E-state index contributed by atoms with van der Waals surface area (Å²) in [6, 6.07) is 2.61. The Balaban J connectivity index is 1.55. The van der Waals surface area contributed by atoms with Crippen LogP contribution in [0, 0.1) is 5.92 Å². The summed E-state index contributed by atoms with van der Waals surface area (Å²) in [4.78, 5) is 22.7. The number of hydrogen-bond donors (Lipinski definition) is 1. The largest absolute Gasteiger partial charge is 0.372 e. The van der Waals surface area contributed by atoms with Crippen molar-refractivity contribution < 1.29 is 4.74 Å². The van der Waals surface area contributed by atoms with Gasteiger partial charge in [-0.3, -0.25) is 0 Å². The predicted molar refractivity (Wildman–Crippen MR) is 104 cm³/mol. The van der Waals surface area contributed by atoms with Gasteiger partial charge in [0.2, 0.25) is 11.9 Å². The van der Waals surface area contributed by atoms with Gasteiger partial charge in [-0.2, -0.15) is 4.98 Å². The minimum absolute atomic E-state index is 0.191. The van der Waals surface area contributed by atoms with Gasteiger partial charge in [0.15, 0.2) is 0 Å². The summed E-state index contributed by atoms with van der Waals surface area (Å²) in [5.41, 5.74) is 7.15. The molecule has 2 N–H and O–H groups in total. The molecule has 2 bridgehead atoms. The van der Waals surface area contributed by atoms with Crippen molar-refractivity contribution in [1.82, 2.24) is 19.9 Å². The fraction of sp³-hybridized carbons (Fsp3) is 0.579. The van der Waals surface area contributed by atoms with Crippen molar-refractivity contribution in [3.05, 3.63) is 18.5 Å². The Hall–Kier alpha value is -2.48. The number of nitrogens with zero attached hydrogens (tertiary/aromatic N) is 6. The minimum atomic E-state index is -0.191. The molecule has 0 amide bonds. The molecule has 27 heavy (non-hydrogen) atoms. The van der Waals surface area contributed by atoms with Gasteiger partial charge in [0.1, 0.15) is 5.82 Å². The first kappa shape index (κ1) is 16.7. The van der Waals surface area contributed by atoms with Crippen molar-refractivity contribution in [3.8, 4) is 11.3 Å². The average Bonchev–Trinajstić information content (AvgIpc) is 3.22. The number of nitrogen functional groups attached to an aromatic ring is 1. The molecule has 3 aliphatic heterocycles. The maximum absolute atomic E-state index is 5.87. The van der Waals surface area contributed by atoms with Crippen LogP contribution in [0.5, 0.6) is 0 Å². The molecule has 5 heterocycles. The summed E-state index contributed by atoms with van der Waals surface area (Å²) in [7, 11) is 0. The summed E-state index contributed by atoms with van der Waals surface area (Å²) >= 11 is 0. The van der Waals surface area contributed by atoms with Crippen molar-refractivity contribution in [2.45, 2.75) is 38.3 Å². The van der Waals surface area contributed by atoms with Gasteiger partial charge in [0.25, 0.3) is 0 Å². The highest BCUT2D eigenvalue weighted by molar-refractivity contribution is 5.64. The Morgan fingerprint density at radius 1 is 1.19 bits per heavy atom. The normalized spacial score (nSPS) is 26.1. The van der Waals surface area contributed by atoms with Crippen molar-refractivity contribution in [2.24, 2.45) is 5.92 Å². The molecule has 1 aliphatic carbocycles. The molecule has 0 unspecified atom stereocenters. The zero-order valence-corrected chi connectivity index (χ0v) is 15.8. The predicted octanol–water partition coefficient (Wildman–Crippen LogP) is 1.73. The van der Waals surface area contributed by atoms with E-state index in [1.807, 2.05) is 6.07 Å². The van der Waals surface area contributed by atoms with Gasteiger partial charge in [0, 0.05) is 49.7 Å². The van der Waals surface area contributed by atoms with Crippen molar-refractivity contribution in [2.75, 3.05) is 41.8 Å². The first-order valence-electron chi connectivity index (χ1n) is 9.59. The first-order chi connectivity index (χ1) is 13.0. The number of hydrogen-bond acceptors (Lipinski definition) is 8. The van der Waals surface area contributed by atoms with E-state index in [1.54, 1.807) is 12.4 Å². The summed E-state index contributed by atoms with van der Waals surface area (Å²) in [5, 5.41) is 0. The highest BCUT2D eigenvalue weighted by atomic mass is 16.5. The van der Waals surface area contributed by atoms with Gasteiger partial charge >= 0.3 is 0 Å². The lowest BCUT2D eigenvalue weighted by Gasteiger charge is -2.39. The number of morpholine rings is 1. The Kier molecular flexibility index (Phi) is 3.72. The molecule has 0 spiro atoms. The van der Waals surface area contributed by atoms with E-state index in [0.29, 0.717) is 12.6 Å². The van der Waals surface area contributed by atoms with Crippen LogP contribution < -0.4 is 15.5 Å². The van der Waals surface area contributed by atoms with E-state index in [2.05, 4.69) is 33.6 Å². The molecule has 8 heteroatoms. The highest BCUT2D eigenvalue weighted by Crippen LogP contribution is 2.42. The van der Waals surface area contributed by atoms with Crippen LogP contribution in [0.2, 0.25) is 0 Å². The third kappa shape index (κ3) is 3.07. The molecule has 2 aromatic rings. The van der Waals surface area contributed by atoms with Gasteiger partial charge < -0.3 is 20.3 Å². The van der Waals surface area contributed by atoms with Crippen LogP contribution >= 0.6 is 0 Å². The van der Waals surface area contributed by atoms with Gasteiger partial charge in [-0.25, -0.2) is 15.0 Å². The summed E-state index contributed by atoms with van der Waals surface area (Å²) in [5.74, 6) is 2.82. The second kappa shape index (κ2) is 6.02. The monoisotopic (exact) mass is 367 g/mol. The zero-order chi connectivity index (χ0) is 18.6. The van der Waals surface area contributed by atoms with Crippen LogP contribution in [0.25, 0.3) is 11.3 Å². The van der Waals surface area contributed by atoms with Crippen LogP contribution in [-0.4, -0.2) is 57.8 Å². The molecular formula is C19H25N7O. The van der Waals surface area contributed by atoms with Crippen molar-refractivity contribution in [1.29, 1.82) is 0 Å². The number of aromatic nitrogens is 4. The van der Waals surface area contributed by atoms with Gasteiger partial charge in [-0.1, -0.05) is 0 Å². The lowest BCUT2D eigenvalue weighted by molar-refractivity contribution is -0.0279. The van der Waals surface area contributed by atoms with Gasteiger partial charge in [-0.15, -0.1) is 0 Å². The molecule has 4 aliphatic rings. The third-order valence-corrected chi connectivity index (χ3v) is 5.78. The Bertz CT molecular complexity index is 848. The van der Waals surface area contributed by atoms with E-state index >= 15 is 0 Å². The minimum Gasteiger partial charge on any atom is -0.372 e. The number of rotatable bonds is 3. The standard InChI is InChI=1S/C19H25N7O/c1-19(2)11-25(3-4-27-19)16-7-15(13-8-21-17(20)22-9-13)23-18(24-16)26-10-12-5-14(26)6-12/h7-9,12,14H,3-6,10-11H2,1-2H3,(H2,20,21,22). The zero-order valence-electron chi connectivity index (χ0n) is 15.8. The topological polar surface area (TPSA) is 93.3 Å². The number of ether oxygens (including phenoxy) is 1. The highest BCUT2D eigenvalue weighted by Gasteiger charge is 2.44. The van der Waals surface area contributed by atoms with Crippen LogP contribution in [-0.2, 0) is 4.74 Å². The summed E-state index contributed by atoms with van der Waals surface area (Å²) in [6.45, 7) is 7.61. The second-order valence-electron chi connectivity index (χ2n) is 8.41. The van der Waals surface area contributed by atoms with Crippen molar-refractivity contribution in [3.63, 3.8) is 0 Å². The van der Waals surface area contributed by atoms with Crippen LogP contribution in [0.1, 0.15) is 26.7 Å². The van der Waals surface area contributed by atoms with E-state index in [1.165, 1.54) is 12.8 Å². The van der Waals surface area contributed by atoms with Crippen LogP contribution in [0.15, 0.2) is 18.5 Å². The first-order valence-corrected chi connectivity index (χ1v) is 9.59. The van der Waals surface area contributed by atoms with Crippen LogP contribution in [0.3, 0.4) is 0 Å². The molecule has 142 valence electrons. The maximum Gasteiger partial charge on any atom is 0.228 e. The molecule has 6 rings (SSSR count). The lowest BCUT2D eigenvalue weighted by atomic mass is 9.86. The third-order valence-electron chi connectivity index (χ3n) is 5.78. The van der Waals surface area contributed by atoms with E-state index in [9.17, 15) is 0 Å². The smallest absolute Gasteiger partial charge is 0.228 e. The summed E-state index contributed by atoms with van der Waals surface area (Å²) < 4.78 is 5.87.